The summed E-state index contributed by atoms with van der Waals surface area (Å²) in [5.74, 6) is 1.58. The van der Waals surface area contributed by atoms with Crippen LogP contribution < -0.4 is 4.90 Å². The van der Waals surface area contributed by atoms with E-state index in [9.17, 15) is 4.79 Å². The van der Waals surface area contributed by atoms with Gasteiger partial charge in [-0.1, -0.05) is 35.4 Å². The predicted octanol–water partition coefficient (Wildman–Crippen LogP) is 3.31. The quantitative estimate of drug-likeness (QED) is 0.645. The van der Waals surface area contributed by atoms with Gasteiger partial charge in [0.05, 0.1) is 5.02 Å². The minimum atomic E-state index is 0.0279. The summed E-state index contributed by atoms with van der Waals surface area (Å²) in [4.78, 5) is 21.3. The fraction of sp³-hybridized carbons (Fsp3) is 0.300. The lowest BCUT2D eigenvalue weighted by molar-refractivity contribution is -0.132. The number of hydrogen-bond acceptors (Lipinski definition) is 5. The molecule has 1 aliphatic rings. The van der Waals surface area contributed by atoms with Gasteiger partial charge in [0.25, 0.3) is 0 Å². The van der Waals surface area contributed by atoms with Gasteiger partial charge in [-0.05, 0) is 37.3 Å². The van der Waals surface area contributed by atoms with E-state index in [-0.39, 0.29) is 12.5 Å². The number of nitrogens with zero attached hydrogens (tertiary/aromatic N) is 5. The minimum Gasteiger partial charge on any atom is -0.353 e. The molecule has 0 aliphatic carbocycles. The van der Waals surface area contributed by atoms with E-state index in [4.69, 9.17) is 23.8 Å². The molecule has 3 heterocycles. The zero-order valence-electron chi connectivity index (χ0n) is 16.0. The van der Waals surface area contributed by atoms with Crippen molar-refractivity contribution in [1.29, 1.82) is 0 Å². The number of amides is 1. The molecule has 0 spiro atoms. The molecule has 1 N–H and O–H groups in total. The standard InChI is InChI=1S/C20H21ClN6OS/c1-14-3-2-4-15(11-14)19-23-24-20(29)27(19)13-18(28)26-9-7-25(8-10-26)17-6-5-16(21)12-22-17/h2-6,11-12H,7-10,13H2,1H3,(H,24,29). The van der Waals surface area contributed by atoms with Crippen LogP contribution in [-0.4, -0.2) is 56.7 Å². The highest BCUT2D eigenvalue weighted by atomic mass is 35.5. The second-order valence-corrected chi connectivity index (χ2v) is 7.83. The number of pyridine rings is 1. The maximum absolute atomic E-state index is 12.9. The first kappa shape index (κ1) is 19.6. The molecule has 1 fully saturated rings. The number of benzene rings is 1. The number of piperazine rings is 1. The highest BCUT2D eigenvalue weighted by Crippen LogP contribution is 2.20. The Morgan fingerprint density at radius 2 is 2.00 bits per heavy atom. The lowest BCUT2D eigenvalue weighted by Crippen LogP contribution is -2.49. The van der Waals surface area contributed by atoms with E-state index in [1.54, 1.807) is 10.8 Å². The van der Waals surface area contributed by atoms with Crippen LogP contribution >= 0.6 is 23.8 Å². The molecule has 1 amide bonds. The van der Waals surface area contributed by atoms with Crippen molar-refractivity contribution in [3.05, 3.63) is 58.0 Å². The first-order valence-electron chi connectivity index (χ1n) is 9.38. The smallest absolute Gasteiger partial charge is 0.242 e. The molecule has 2 aromatic heterocycles. The SMILES string of the molecule is Cc1cccc(-c2n[nH]c(=S)n2CC(=O)N2CCN(c3ccc(Cl)cn3)CC2)c1. The van der Waals surface area contributed by atoms with E-state index in [1.165, 1.54) is 0 Å². The van der Waals surface area contributed by atoms with E-state index in [1.807, 2.05) is 48.2 Å². The van der Waals surface area contributed by atoms with Crippen LogP contribution in [0.25, 0.3) is 11.4 Å². The number of hydrogen-bond donors (Lipinski definition) is 1. The van der Waals surface area contributed by atoms with Gasteiger partial charge < -0.3 is 9.80 Å². The number of carbonyl (C=O) groups is 1. The maximum Gasteiger partial charge on any atom is 0.242 e. The van der Waals surface area contributed by atoms with Gasteiger partial charge in [-0.15, -0.1) is 0 Å². The zero-order chi connectivity index (χ0) is 20.4. The lowest BCUT2D eigenvalue weighted by atomic mass is 10.1. The van der Waals surface area contributed by atoms with E-state index in [0.717, 1.165) is 30.0 Å². The van der Waals surface area contributed by atoms with Gasteiger partial charge in [-0.25, -0.2) is 4.98 Å². The van der Waals surface area contributed by atoms with Gasteiger partial charge >= 0.3 is 0 Å². The highest BCUT2D eigenvalue weighted by molar-refractivity contribution is 7.71. The summed E-state index contributed by atoms with van der Waals surface area (Å²) < 4.78 is 2.21. The van der Waals surface area contributed by atoms with Crippen LogP contribution in [0.1, 0.15) is 5.56 Å². The Morgan fingerprint density at radius 1 is 1.21 bits per heavy atom. The summed E-state index contributed by atoms with van der Waals surface area (Å²) in [7, 11) is 0. The number of rotatable bonds is 4. The molecule has 7 nitrogen and oxygen atoms in total. The van der Waals surface area contributed by atoms with E-state index >= 15 is 0 Å². The van der Waals surface area contributed by atoms with Crippen molar-refractivity contribution in [3.63, 3.8) is 0 Å². The summed E-state index contributed by atoms with van der Waals surface area (Å²) in [5.41, 5.74) is 2.06. The molecule has 0 bridgehead atoms. The molecule has 1 aromatic carbocycles. The van der Waals surface area contributed by atoms with Crippen molar-refractivity contribution in [1.82, 2.24) is 24.6 Å². The second kappa shape index (κ2) is 8.34. The van der Waals surface area contributed by atoms with Gasteiger partial charge in [0.1, 0.15) is 12.4 Å². The van der Waals surface area contributed by atoms with Crippen molar-refractivity contribution in [2.24, 2.45) is 0 Å². The molecular weight excluding hydrogens is 408 g/mol. The predicted molar refractivity (Wildman–Crippen MR) is 116 cm³/mol. The van der Waals surface area contributed by atoms with Crippen LogP contribution in [0, 0.1) is 11.7 Å². The van der Waals surface area contributed by atoms with Gasteiger partial charge in [0.2, 0.25) is 5.91 Å². The first-order chi connectivity index (χ1) is 14.0. The van der Waals surface area contributed by atoms with Crippen molar-refractivity contribution in [3.8, 4) is 11.4 Å². The Kier molecular flexibility index (Phi) is 5.64. The fourth-order valence-electron chi connectivity index (χ4n) is 3.44. The number of aryl methyl sites for hydroxylation is 1. The van der Waals surface area contributed by atoms with E-state index in [2.05, 4.69) is 20.1 Å². The monoisotopic (exact) mass is 428 g/mol. The largest absolute Gasteiger partial charge is 0.353 e. The third-order valence-electron chi connectivity index (χ3n) is 5.00. The molecule has 1 aliphatic heterocycles. The molecule has 29 heavy (non-hydrogen) atoms. The van der Waals surface area contributed by atoms with Crippen LogP contribution in [0.5, 0.6) is 0 Å². The second-order valence-electron chi connectivity index (χ2n) is 7.01. The van der Waals surface area contributed by atoms with Gasteiger partial charge in [-0.3, -0.25) is 14.5 Å². The minimum absolute atomic E-state index is 0.0279. The fourth-order valence-corrected chi connectivity index (χ4v) is 3.75. The number of anilines is 1. The number of nitrogens with one attached hydrogen (secondary N) is 1. The van der Waals surface area contributed by atoms with Crippen molar-refractivity contribution in [2.45, 2.75) is 13.5 Å². The number of H-pyrrole nitrogens is 1. The third-order valence-corrected chi connectivity index (χ3v) is 5.53. The first-order valence-corrected chi connectivity index (χ1v) is 10.2. The summed E-state index contributed by atoms with van der Waals surface area (Å²) >= 11 is 11.3. The highest BCUT2D eigenvalue weighted by Gasteiger charge is 2.23. The van der Waals surface area contributed by atoms with Crippen LogP contribution in [0.3, 0.4) is 0 Å². The van der Waals surface area contributed by atoms with Gasteiger partial charge in [-0.2, -0.15) is 5.10 Å². The molecule has 0 atom stereocenters. The molecule has 4 rings (SSSR count). The van der Waals surface area contributed by atoms with Crippen LogP contribution in [0.15, 0.2) is 42.6 Å². The van der Waals surface area contributed by atoms with E-state index in [0.29, 0.717) is 28.7 Å². The van der Waals surface area contributed by atoms with Gasteiger partial charge in [0.15, 0.2) is 10.6 Å². The number of halogens is 1. The van der Waals surface area contributed by atoms with Crippen LogP contribution in [-0.2, 0) is 11.3 Å². The Balaban J connectivity index is 1.44. The molecule has 1 saturated heterocycles. The average molecular weight is 429 g/mol. The van der Waals surface area contributed by atoms with Gasteiger partial charge in [0, 0.05) is 37.9 Å². The summed E-state index contributed by atoms with van der Waals surface area (Å²) in [6.45, 7) is 4.90. The molecule has 0 radical (unpaired) electrons. The average Bonchev–Trinajstić information content (AvgIpc) is 3.09. The van der Waals surface area contributed by atoms with Crippen molar-refractivity contribution < 1.29 is 4.79 Å². The Labute approximate surface area is 178 Å². The Bertz CT molecular complexity index is 1070. The summed E-state index contributed by atoms with van der Waals surface area (Å²) in [5, 5.41) is 7.76. The lowest BCUT2D eigenvalue weighted by Gasteiger charge is -2.35. The normalized spacial score (nSPS) is 14.3. The molecule has 3 aromatic rings. The number of aromatic nitrogens is 4. The van der Waals surface area contributed by atoms with Crippen LogP contribution in [0.2, 0.25) is 5.02 Å². The Hall–Kier alpha value is -2.71. The van der Waals surface area contributed by atoms with Crippen molar-refractivity contribution >= 4 is 35.5 Å². The van der Waals surface area contributed by atoms with E-state index < -0.39 is 0 Å². The summed E-state index contributed by atoms with van der Waals surface area (Å²) in [6.07, 6.45) is 1.64. The Morgan fingerprint density at radius 3 is 2.69 bits per heavy atom. The zero-order valence-corrected chi connectivity index (χ0v) is 17.6. The topological polar surface area (TPSA) is 70.1 Å². The van der Waals surface area contributed by atoms with Crippen molar-refractivity contribution in [2.75, 3.05) is 31.1 Å². The molecular formula is C20H21ClN6OS. The molecule has 0 saturated carbocycles. The summed E-state index contributed by atoms with van der Waals surface area (Å²) in [6, 6.07) is 11.7. The number of aromatic amines is 1. The molecule has 0 unspecified atom stereocenters. The molecule has 9 heteroatoms. The van der Waals surface area contributed by atoms with Crippen LogP contribution in [0.4, 0.5) is 5.82 Å². The molecule has 150 valence electrons. The third kappa shape index (κ3) is 4.33. The number of carbonyl (C=O) groups excluding carboxylic acids is 1. The maximum atomic E-state index is 12.9.